The molecule has 5 aliphatic heterocycles. The molecule has 5 unspecified atom stereocenters. The first-order chi connectivity index (χ1) is 52.5. The molecule has 5 aromatic heterocycles. The van der Waals surface area contributed by atoms with Crippen molar-refractivity contribution in [3.05, 3.63) is 221 Å². The van der Waals surface area contributed by atoms with Crippen LogP contribution >= 0.6 is 11.8 Å². The highest BCUT2D eigenvalue weighted by atomic mass is 32.2. The Kier molecular flexibility index (Phi) is 32.2. The maximum atomic E-state index is 12.8. The van der Waals surface area contributed by atoms with E-state index >= 15 is 0 Å². The van der Waals surface area contributed by atoms with E-state index in [1.165, 1.54) is 60.6 Å². The van der Waals surface area contributed by atoms with Crippen molar-refractivity contribution in [1.29, 1.82) is 0 Å². The van der Waals surface area contributed by atoms with Crippen molar-refractivity contribution in [2.45, 2.75) is 112 Å². The number of hydrogen-bond acceptors (Lipinski definition) is 25. The smallest absolute Gasteiger partial charge is 0.407 e. The molecule has 0 saturated carbocycles. The summed E-state index contributed by atoms with van der Waals surface area (Å²) in [5.74, 6) is -1.58. The first-order valence-electron chi connectivity index (χ1n) is 34.0. The molecular weight excluding hydrogens is 1440 g/mol. The van der Waals surface area contributed by atoms with Crippen molar-refractivity contribution < 1.29 is 91.3 Å². The van der Waals surface area contributed by atoms with Crippen molar-refractivity contribution in [2.24, 2.45) is 17.6 Å². The van der Waals surface area contributed by atoms with Gasteiger partial charge in [0.15, 0.2) is 4.75 Å². The highest BCUT2D eigenvalue weighted by Gasteiger charge is 2.55. The summed E-state index contributed by atoms with van der Waals surface area (Å²) < 4.78 is 39.2. The van der Waals surface area contributed by atoms with E-state index in [1.54, 1.807) is 86.5 Å². The number of methoxy groups -OCH3 is 7. The number of aryl methyl sites for hydroxylation is 1. The molecule has 10 N–H and O–H groups in total. The fourth-order valence-electron chi connectivity index (χ4n) is 12.1. The molecule has 8 aromatic rings. The van der Waals surface area contributed by atoms with Crippen LogP contribution in [0.5, 0.6) is 29.4 Å². The molecule has 0 aliphatic carbocycles. The number of alkyl carbamates (subject to hydrolysis) is 1. The first-order valence-corrected chi connectivity index (χ1v) is 34.8. The van der Waals surface area contributed by atoms with E-state index in [0.29, 0.717) is 41.4 Å². The average Bonchev–Trinajstić information content (AvgIpc) is 1.58. The zero-order valence-corrected chi connectivity index (χ0v) is 61.8. The number of aliphatic hydroxyl groups is 1. The lowest BCUT2D eigenvalue weighted by molar-refractivity contribution is -0.146. The van der Waals surface area contributed by atoms with Gasteiger partial charge in [0.05, 0.1) is 111 Å². The number of nitrogens with zero attached hydrogens (tertiary/aromatic N) is 5. The van der Waals surface area contributed by atoms with Crippen LogP contribution in [-0.4, -0.2) is 155 Å². The number of hydrogen-bond donors (Lipinski definition) is 9. The number of rotatable bonds is 19. The minimum atomic E-state index is -1.10. The molecule has 0 bridgehead atoms. The summed E-state index contributed by atoms with van der Waals surface area (Å²) in [6.45, 7) is 2.31. The summed E-state index contributed by atoms with van der Waals surface area (Å²) in [5, 5.41) is 34.4. The Hall–Kier alpha value is -12.3. The topological polar surface area (TPSA) is 431 Å². The highest BCUT2D eigenvalue weighted by Crippen LogP contribution is 2.49. The van der Waals surface area contributed by atoms with E-state index in [4.69, 9.17) is 53.8 Å². The van der Waals surface area contributed by atoms with Gasteiger partial charge in [-0.1, -0.05) is 85.8 Å². The number of carboxylic acid groups (broad SMARTS) is 1. The van der Waals surface area contributed by atoms with Gasteiger partial charge in [-0.2, -0.15) is 0 Å². The van der Waals surface area contributed by atoms with Crippen LogP contribution in [-0.2, 0) is 65.8 Å². The second-order valence-corrected chi connectivity index (χ2v) is 26.2. The fourth-order valence-corrected chi connectivity index (χ4v) is 13.5. The van der Waals surface area contributed by atoms with Crippen LogP contribution in [0.15, 0.2) is 181 Å². The van der Waals surface area contributed by atoms with Crippen LogP contribution in [0.2, 0.25) is 0 Å². The monoisotopic (exact) mass is 1530 g/mol. The van der Waals surface area contributed by atoms with Gasteiger partial charge in [0, 0.05) is 97.9 Å². The van der Waals surface area contributed by atoms with Crippen LogP contribution in [0.3, 0.4) is 0 Å². The van der Waals surface area contributed by atoms with Gasteiger partial charge in [-0.15, -0.1) is 11.8 Å². The SMILES string of the molecule is C.COC(=O)C1CC(=O)NC1c1ccnc(OC)c1.COC(=O)[C@@]1(Sc2ccc(C)cc2)CC(=O)NC1c1ccnc(OC)c1.COc1cc(C2NC(=O)C[C@@H]2C(=O)O)ccn1.COc1cc(C2NC(=O)C[C@@H]2N)ccn1.COc1cc([C@H]2NC(=O)C[C@@H]2NC(=O)OCc2ccccc2)ccn1.OCc1ccccc1. The number of aromatic nitrogens is 5. The second kappa shape index (κ2) is 41.7. The molecule has 5 saturated heterocycles. The number of ether oxygens (including phenoxy) is 8. The number of benzene rings is 3. The van der Waals surface area contributed by atoms with Gasteiger partial charge in [-0.05, 0) is 88.3 Å². The Morgan fingerprint density at radius 1 is 0.500 bits per heavy atom. The molecular formula is C78H90N12O19S. The molecule has 582 valence electrons. The van der Waals surface area contributed by atoms with E-state index in [0.717, 1.165) is 43.8 Å². The number of carbonyl (C=O) groups excluding carboxylic acids is 8. The Labute approximate surface area is 639 Å². The third-order valence-corrected chi connectivity index (χ3v) is 19.0. The standard InChI is InChI=1S/C19H20N2O4S.C18H19N3O4.C12H14N2O4.C11H12N2O4.C10H13N3O2.C7H8O.CH4/c1-12-4-6-14(7-5-12)26-19(18(23)25-3)11-15(22)21-17(19)13-8-9-20-16(10-13)24-2;1-24-16-9-13(7-8-19-16)17-14(10-15(22)21-17)20-18(23)25-11-12-5-3-2-4-6-12;1-17-10-5-7(3-4-13-10)11-8(12(16)18-2)6-9(15)14-11;1-17-9-4-6(2-3-12-9)10-7(11(15)16)5-8(14)13-10;1-15-9-4-6(2-3-12-9)10-7(11)5-8(14)13-10;8-6-7-4-2-1-3-5-7;/h4-10,17H,11H2,1-3H3,(H,21,22);2-9,14,17H,10-11H2,1H3,(H,20,23)(H,21,22);3-5,8,11H,6H2,1-2H3,(H,14,15);2-4,7,10H,5H2,1H3,(H,13,14)(H,15,16);2-4,7,10H,5,11H2,1H3,(H,13,14);1-5,8H,6H2;1H4/t17?,19-;14-,17+;;2*7-,10?;;/m10.00../s1. The van der Waals surface area contributed by atoms with Crippen LogP contribution < -0.4 is 61.3 Å². The summed E-state index contributed by atoms with van der Waals surface area (Å²) >= 11 is 1.34. The van der Waals surface area contributed by atoms with Crippen molar-refractivity contribution in [2.75, 3.05) is 49.8 Å². The lowest BCUT2D eigenvalue weighted by Crippen LogP contribution is -2.41. The van der Waals surface area contributed by atoms with Gasteiger partial charge in [0.1, 0.15) is 6.61 Å². The predicted molar refractivity (Wildman–Crippen MR) is 400 cm³/mol. The van der Waals surface area contributed by atoms with Gasteiger partial charge in [-0.25, -0.2) is 29.7 Å². The van der Waals surface area contributed by atoms with Crippen LogP contribution in [0, 0.1) is 18.8 Å². The largest absolute Gasteiger partial charge is 0.481 e. The van der Waals surface area contributed by atoms with E-state index in [2.05, 4.69) is 56.8 Å². The molecule has 31 nitrogen and oxygen atoms in total. The number of amides is 6. The maximum Gasteiger partial charge on any atom is 0.407 e. The number of nitrogens with two attached hydrogens (primary N) is 1. The maximum absolute atomic E-state index is 12.8. The number of thioether (sulfide) groups is 1. The second-order valence-electron chi connectivity index (χ2n) is 24.8. The van der Waals surface area contributed by atoms with Gasteiger partial charge in [0.25, 0.3) is 0 Å². The van der Waals surface area contributed by atoms with Crippen LogP contribution in [0.4, 0.5) is 4.79 Å². The third-order valence-electron chi connectivity index (χ3n) is 17.6. The number of carbonyl (C=O) groups is 9. The molecule has 110 heavy (non-hydrogen) atoms. The van der Waals surface area contributed by atoms with Crippen molar-refractivity contribution in [3.63, 3.8) is 0 Å². The summed E-state index contributed by atoms with van der Waals surface area (Å²) in [7, 11) is 10.2. The molecule has 10 atom stereocenters. The molecule has 32 heteroatoms. The van der Waals surface area contributed by atoms with Gasteiger partial charge in [0.2, 0.25) is 58.9 Å². The molecule has 5 fully saturated rings. The normalized spacial score (nSPS) is 20.9. The number of aliphatic hydroxyl groups excluding tert-OH is 1. The summed E-state index contributed by atoms with van der Waals surface area (Å²) in [6, 6.07) is 41.6. The average molecular weight is 1530 g/mol. The number of esters is 2. The minimum absolute atomic E-state index is 0. The molecule has 6 amide bonds. The quantitative estimate of drug-likeness (QED) is 0.0285. The van der Waals surface area contributed by atoms with Crippen molar-refractivity contribution >= 4 is 65.3 Å². The Balaban J connectivity index is 0.000000188. The number of carboxylic acids is 1. The van der Waals surface area contributed by atoms with Gasteiger partial charge in [-0.3, -0.25) is 38.4 Å². The molecule has 0 spiro atoms. The summed E-state index contributed by atoms with van der Waals surface area (Å²) in [4.78, 5) is 126. The summed E-state index contributed by atoms with van der Waals surface area (Å²) in [6.07, 6.45) is 8.12. The molecule has 10 heterocycles. The third kappa shape index (κ3) is 23.6. The minimum Gasteiger partial charge on any atom is -0.481 e. The lowest BCUT2D eigenvalue weighted by Gasteiger charge is -2.31. The van der Waals surface area contributed by atoms with Crippen LogP contribution in [0.1, 0.15) is 114 Å². The van der Waals surface area contributed by atoms with E-state index in [9.17, 15) is 43.2 Å². The lowest BCUT2D eigenvalue weighted by atomic mass is 9.93. The summed E-state index contributed by atoms with van der Waals surface area (Å²) in [5.41, 5.74) is 12.8. The molecule has 3 aromatic carbocycles. The molecule has 13 rings (SSSR count). The highest BCUT2D eigenvalue weighted by molar-refractivity contribution is 8.01. The Morgan fingerprint density at radius 2 is 0.909 bits per heavy atom. The number of pyridine rings is 5. The molecule has 5 aliphatic rings. The van der Waals surface area contributed by atoms with E-state index in [1.807, 2.05) is 97.9 Å². The predicted octanol–water partition coefficient (Wildman–Crippen LogP) is 7.20. The Bertz CT molecular complexity index is 4420. The number of nitrogens with one attached hydrogen (secondary N) is 6. The zero-order chi connectivity index (χ0) is 78.6. The van der Waals surface area contributed by atoms with Gasteiger partial charge < -0.3 is 85.7 Å². The molecule has 0 radical (unpaired) electrons. The van der Waals surface area contributed by atoms with Crippen molar-refractivity contribution in [1.82, 2.24) is 56.8 Å². The zero-order valence-electron chi connectivity index (χ0n) is 60.9. The van der Waals surface area contributed by atoms with E-state index < -0.39 is 58.7 Å². The van der Waals surface area contributed by atoms with Crippen LogP contribution in [0.25, 0.3) is 0 Å². The number of aliphatic carboxylic acids is 1. The van der Waals surface area contributed by atoms with Gasteiger partial charge >= 0.3 is 24.0 Å². The first kappa shape index (κ1) is 85.0. The fraction of sp³-hybridized carbons (Fsp3) is 0.333. The Morgan fingerprint density at radius 3 is 1.35 bits per heavy atom. The van der Waals surface area contributed by atoms with E-state index in [-0.39, 0.29) is 100 Å². The van der Waals surface area contributed by atoms with Crippen molar-refractivity contribution in [3.8, 4) is 29.4 Å².